The molecule has 2 atom stereocenters. The second kappa shape index (κ2) is 12.6. The molecule has 3 aromatic rings. The van der Waals surface area contributed by atoms with Crippen LogP contribution in [0.5, 0.6) is 0 Å². The zero-order valence-electron chi connectivity index (χ0n) is 22.5. The van der Waals surface area contributed by atoms with E-state index < -0.39 is 18.1 Å². The fourth-order valence-corrected chi connectivity index (χ4v) is 4.90. The first-order valence-corrected chi connectivity index (χ1v) is 13.1. The van der Waals surface area contributed by atoms with Crippen molar-refractivity contribution in [1.29, 1.82) is 0 Å². The molecule has 41 heavy (non-hydrogen) atoms. The lowest BCUT2D eigenvalue weighted by atomic mass is 9.97. The van der Waals surface area contributed by atoms with Gasteiger partial charge in [0.05, 0.1) is 11.3 Å². The monoisotopic (exact) mass is 576 g/mol. The summed E-state index contributed by atoms with van der Waals surface area (Å²) in [6.45, 7) is 6.76. The molecule has 2 aliphatic rings. The molecule has 14 heteroatoms. The molecule has 1 aliphatic carbocycles. The molecule has 1 saturated heterocycles. The summed E-state index contributed by atoms with van der Waals surface area (Å²) in [5.74, 6) is -0.651. The second-order valence-electron chi connectivity index (χ2n) is 10.1. The van der Waals surface area contributed by atoms with Gasteiger partial charge in [0.15, 0.2) is 0 Å². The highest BCUT2D eigenvalue weighted by Gasteiger charge is 2.39. The Kier molecular flexibility index (Phi) is 9.23. The van der Waals surface area contributed by atoms with Gasteiger partial charge < -0.3 is 19.8 Å². The maximum absolute atomic E-state index is 11.4. The number of nitrogens with zero attached hydrogens (tertiary/aromatic N) is 4. The van der Waals surface area contributed by atoms with Gasteiger partial charge in [-0.3, -0.25) is 10.0 Å². The van der Waals surface area contributed by atoms with Crippen LogP contribution in [0.1, 0.15) is 52.6 Å². The van der Waals surface area contributed by atoms with Crippen molar-refractivity contribution in [2.75, 3.05) is 24.5 Å². The van der Waals surface area contributed by atoms with E-state index in [4.69, 9.17) is 19.6 Å². The van der Waals surface area contributed by atoms with Gasteiger partial charge in [0.25, 0.3) is 5.91 Å². The van der Waals surface area contributed by atoms with Gasteiger partial charge in [-0.25, -0.2) is 20.2 Å². The lowest BCUT2D eigenvalue weighted by molar-refractivity contribution is -0.192. The topological polar surface area (TPSA) is 154 Å². The number of carboxylic acids is 1. The number of amides is 1. The van der Waals surface area contributed by atoms with E-state index in [2.05, 4.69) is 49.6 Å². The number of hydrogen-bond acceptors (Lipinski definition) is 9. The molecule has 1 saturated carbocycles. The van der Waals surface area contributed by atoms with Crippen molar-refractivity contribution >= 4 is 17.8 Å². The highest BCUT2D eigenvalue weighted by atomic mass is 19.4. The Hall–Kier alpha value is -4.04. The summed E-state index contributed by atoms with van der Waals surface area (Å²) in [5, 5.41) is 23.7. The van der Waals surface area contributed by atoms with Crippen LogP contribution in [0.15, 0.2) is 41.2 Å². The number of rotatable bonds is 7. The lowest BCUT2D eigenvalue weighted by Gasteiger charge is -2.32. The van der Waals surface area contributed by atoms with Gasteiger partial charge in [-0.1, -0.05) is 29.4 Å². The maximum Gasteiger partial charge on any atom is 0.490 e. The zero-order valence-corrected chi connectivity index (χ0v) is 22.5. The molecule has 5 rings (SSSR count). The Morgan fingerprint density at radius 3 is 2.22 bits per heavy atom. The van der Waals surface area contributed by atoms with Crippen molar-refractivity contribution in [2.45, 2.75) is 51.2 Å². The SMILES string of the molecule is Cc1noc(C)c1-c1ccc(C2CC2NCC2CCN(c3ncc(C(=O)NO)cn3)CC2)cc1.O=C(O)C(F)(F)F. The quantitative estimate of drug-likeness (QED) is 0.241. The van der Waals surface area contributed by atoms with Crippen LogP contribution in [0, 0.1) is 19.8 Å². The minimum absolute atomic E-state index is 0.239. The first kappa shape index (κ1) is 29.9. The van der Waals surface area contributed by atoms with Crippen LogP contribution in [0.2, 0.25) is 0 Å². The van der Waals surface area contributed by atoms with Gasteiger partial charge in [-0.05, 0) is 56.7 Å². The molecule has 0 bridgehead atoms. The average molecular weight is 577 g/mol. The number of carbonyl (C=O) groups is 2. The molecule has 2 unspecified atom stereocenters. The highest BCUT2D eigenvalue weighted by Crippen LogP contribution is 2.42. The molecule has 3 heterocycles. The third kappa shape index (κ3) is 7.58. The minimum atomic E-state index is -5.08. The van der Waals surface area contributed by atoms with E-state index in [1.54, 1.807) is 5.48 Å². The average Bonchev–Trinajstić information content (AvgIpc) is 3.67. The number of hydrogen-bond donors (Lipinski definition) is 4. The summed E-state index contributed by atoms with van der Waals surface area (Å²) in [6.07, 6.45) is 1.15. The normalized spacial score (nSPS) is 18.8. The summed E-state index contributed by atoms with van der Waals surface area (Å²) >= 11 is 0. The molecular formula is C27H31F3N6O5. The Bertz CT molecular complexity index is 1320. The van der Waals surface area contributed by atoms with Crippen LogP contribution in [0.3, 0.4) is 0 Å². The first-order valence-electron chi connectivity index (χ1n) is 13.1. The lowest BCUT2D eigenvalue weighted by Crippen LogP contribution is -2.38. The molecule has 11 nitrogen and oxygen atoms in total. The summed E-state index contributed by atoms with van der Waals surface area (Å²) in [6, 6.07) is 9.38. The van der Waals surface area contributed by atoms with E-state index in [1.165, 1.54) is 24.4 Å². The second-order valence-corrected chi connectivity index (χ2v) is 10.1. The van der Waals surface area contributed by atoms with E-state index in [0.29, 0.717) is 23.8 Å². The van der Waals surface area contributed by atoms with Crippen molar-refractivity contribution in [3.05, 3.63) is 59.2 Å². The van der Waals surface area contributed by atoms with Crippen LogP contribution in [0.4, 0.5) is 19.1 Å². The zero-order chi connectivity index (χ0) is 29.7. The predicted molar refractivity (Wildman–Crippen MR) is 140 cm³/mol. The number of anilines is 1. The van der Waals surface area contributed by atoms with E-state index in [-0.39, 0.29) is 5.56 Å². The molecule has 4 N–H and O–H groups in total. The number of piperidine rings is 1. The number of carboxylic acid groups (broad SMARTS) is 1. The molecule has 0 spiro atoms. The molecule has 220 valence electrons. The Morgan fingerprint density at radius 2 is 1.71 bits per heavy atom. The summed E-state index contributed by atoms with van der Waals surface area (Å²) < 4.78 is 37.0. The van der Waals surface area contributed by atoms with Gasteiger partial charge in [-0.15, -0.1) is 0 Å². The van der Waals surface area contributed by atoms with Gasteiger partial charge in [0.2, 0.25) is 5.95 Å². The molecule has 2 fully saturated rings. The first-order chi connectivity index (χ1) is 19.5. The van der Waals surface area contributed by atoms with Gasteiger partial charge in [0.1, 0.15) is 5.76 Å². The maximum atomic E-state index is 11.4. The van der Waals surface area contributed by atoms with Gasteiger partial charge in [-0.2, -0.15) is 13.2 Å². The van der Waals surface area contributed by atoms with Crippen molar-refractivity contribution < 1.29 is 37.6 Å². The van der Waals surface area contributed by atoms with Crippen molar-refractivity contribution in [3.63, 3.8) is 0 Å². The van der Waals surface area contributed by atoms with E-state index in [9.17, 15) is 18.0 Å². The smallest absolute Gasteiger partial charge is 0.475 e. The summed E-state index contributed by atoms with van der Waals surface area (Å²) in [7, 11) is 0. The summed E-state index contributed by atoms with van der Waals surface area (Å²) in [5.41, 5.74) is 6.41. The fourth-order valence-electron chi connectivity index (χ4n) is 4.90. The third-order valence-corrected chi connectivity index (χ3v) is 7.26. The highest BCUT2D eigenvalue weighted by molar-refractivity contribution is 5.92. The molecule has 0 radical (unpaired) electrons. The number of aliphatic carboxylic acids is 1. The molecular weight excluding hydrogens is 545 g/mol. The summed E-state index contributed by atoms with van der Waals surface area (Å²) in [4.78, 5) is 31.0. The number of aromatic nitrogens is 3. The number of halogens is 3. The van der Waals surface area contributed by atoms with Crippen LogP contribution in [-0.4, -0.2) is 69.2 Å². The fraction of sp³-hybridized carbons (Fsp3) is 0.444. The van der Waals surface area contributed by atoms with Crippen LogP contribution >= 0.6 is 0 Å². The molecule has 1 aromatic carbocycles. The molecule has 1 aliphatic heterocycles. The van der Waals surface area contributed by atoms with E-state index in [0.717, 1.165) is 55.1 Å². The minimum Gasteiger partial charge on any atom is -0.475 e. The van der Waals surface area contributed by atoms with Crippen molar-refractivity contribution in [2.24, 2.45) is 5.92 Å². The van der Waals surface area contributed by atoms with E-state index in [1.807, 2.05) is 13.8 Å². The number of hydroxylamine groups is 1. The molecule has 1 amide bonds. The standard InChI is InChI=1S/C25H30N6O3.C2HF3O2/c1-15-23(16(2)34-30-15)19-5-3-18(4-6-19)21-11-22(21)26-12-17-7-9-31(10-8-17)25-27-13-20(14-28-25)24(32)29-33;3-2(4,5)1(6)7/h3-6,13-14,17,21-22,26,33H,7-12H2,1-2H3,(H,29,32);(H,6,7). The van der Waals surface area contributed by atoms with Crippen molar-refractivity contribution in [1.82, 2.24) is 25.9 Å². The van der Waals surface area contributed by atoms with Crippen molar-refractivity contribution in [3.8, 4) is 11.1 Å². The van der Waals surface area contributed by atoms with Crippen LogP contribution < -0.4 is 15.7 Å². The predicted octanol–water partition coefficient (Wildman–Crippen LogP) is 3.86. The largest absolute Gasteiger partial charge is 0.490 e. The van der Waals surface area contributed by atoms with Gasteiger partial charge >= 0.3 is 12.1 Å². The van der Waals surface area contributed by atoms with Crippen LogP contribution in [-0.2, 0) is 4.79 Å². The Labute approximate surface area is 233 Å². The molecule has 2 aromatic heterocycles. The van der Waals surface area contributed by atoms with Crippen LogP contribution in [0.25, 0.3) is 11.1 Å². The van der Waals surface area contributed by atoms with Gasteiger partial charge in [0, 0.05) is 43.0 Å². The number of carbonyl (C=O) groups excluding carboxylic acids is 1. The number of alkyl halides is 3. The number of nitrogens with one attached hydrogen (secondary N) is 2. The third-order valence-electron chi connectivity index (χ3n) is 7.26. The Balaban J connectivity index is 0.000000493. The number of aryl methyl sites for hydroxylation is 2. The number of benzene rings is 1. The Morgan fingerprint density at radius 1 is 1.10 bits per heavy atom. The van der Waals surface area contributed by atoms with E-state index >= 15 is 0 Å².